The van der Waals surface area contributed by atoms with Crippen molar-refractivity contribution >= 4 is 29.7 Å². The van der Waals surface area contributed by atoms with Gasteiger partial charge in [0.15, 0.2) is 0 Å². The summed E-state index contributed by atoms with van der Waals surface area (Å²) >= 11 is 1.68. The molecule has 0 radical (unpaired) electrons. The third-order valence-corrected chi connectivity index (χ3v) is 3.78. The minimum Gasteiger partial charge on any atom is -0.340 e. The first-order valence-electron chi connectivity index (χ1n) is 6.15. The molecule has 0 atom stereocenters. The highest BCUT2D eigenvalue weighted by Gasteiger charge is 2.15. The summed E-state index contributed by atoms with van der Waals surface area (Å²) < 4.78 is 0. The van der Waals surface area contributed by atoms with Gasteiger partial charge in [-0.05, 0) is 19.8 Å². The van der Waals surface area contributed by atoms with E-state index in [4.69, 9.17) is 0 Å². The van der Waals surface area contributed by atoms with Crippen molar-refractivity contribution in [2.45, 2.75) is 26.2 Å². The summed E-state index contributed by atoms with van der Waals surface area (Å²) in [4.78, 5) is 18.2. The van der Waals surface area contributed by atoms with E-state index in [0.29, 0.717) is 12.3 Å². The van der Waals surface area contributed by atoms with Crippen LogP contribution in [0.25, 0.3) is 0 Å². The van der Waals surface area contributed by atoms with Crippen molar-refractivity contribution in [2.75, 3.05) is 26.2 Å². The molecule has 18 heavy (non-hydrogen) atoms. The topological polar surface area (TPSA) is 45.2 Å². The number of aromatic nitrogens is 1. The summed E-state index contributed by atoms with van der Waals surface area (Å²) in [7, 11) is 0. The van der Waals surface area contributed by atoms with Gasteiger partial charge in [-0.15, -0.1) is 23.7 Å². The van der Waals surface area contributed by atoms with E-state index in [9.17, 15) is 4.79 Å². The number of thiazole rings is 1. The molecule has 0 aromatic carbocycles. The molecular weight excluding hydrogens is 270 g/mol. The monoisotopic (exact) mass is 289 g/mol. The third kappa shape index (κ3) is 4.55. The molecule has 0 bridgehead atoms. The van der Waals surface area contributed by atoms with Crippen LogP contribution >= 0.6 is 23.7 Å². The second-order valence-corrected chi connectivity index (χ2v) is 5.40. The number of hydrogen-bond acceptors (Lipinski definition) is 4. The zero-order valence-corrected chi connectivity index (χ0v) is 12.3. The lowest BCUT2D eigenvalue weighted by atomic mass is 10.2. The van der Waals surface area contributed by atoms with Gasteiger partial charge in [0, 0.05) is 38.0 Å². The maximum absolute atomic E-state index is 11.9. The Hall–Kier alpha value is -0.650. The van der Waals surface area contributed by atoms with E-state index in [-0.39, 0.29) is 12.4 Å². The lowest BCUT2D eigenvalue weighted by molar-refractivity contribution is -0.131. The molecule has 6 heteroatoms. The highest BCUT2D eigenvalue weighted by molar-refractivity contribution is 7.09. The summed E-state index contributed by atoms with van der Waals surface area (Å²) in [5.74, 6) is 0.290. The number of hydrogen-bond donors (Lipinski definition) is 1. The number of carbonyl (C=O) groups is 1. The Kier molecular flexibility index (Phi) is 6.60. The van der Waals surface area contributed by atoms with E-state index >= 15 is 0 Å². The molecule has 2 rings (SSSR count). The van der Waals surface area contributed by atoms with Gasteiger partial charge in [0.25, 0.3) is 0 Å². The number of halogens is 1. The highest BCUT2D eigenvalue weighted by atomic mass is 35.5. The Morgan fingerprint density at radius 1 is 1.50 bits per heavy atom. The van der Waals surface area contributed by atoms with Crippen molar-refractivity contribution in [3.05, 3.63) is 16.1 Å². The molecule has 1 aromatic rings. The van der Waals surface area contributed by atoms with Crippen LogP contribution in [0.4, 0.5) is 0 Å². The van der Waals surface area contributed by atoms with Crippen LogP contribution in [0.2, 0.25) is 0 Å². The third-order valence-electron chi connectivity index (χ3n) is 2.96. The number of nitrogens with zero attached hydrogens (tertiary/aromatic N) is 2. The van der Waals surface area contributed by atoms with Gasteiger partial charge in [-0.25, -0.2) is 4.98 Å². The fourth-order valence-electron chi connectivity index (χ4n) is 2.02. The molecule has 1 saturated heterocycles. The Balaban J connectivity index is 0.00000162. The first-order valence-corrected chi connectivity index (χ1v) is 7.03. The van der Waals surface area contributed by atoms with Crippen LogP contribution < -0.4 is 5.32 Å². The fourth-order valence-corrected chi connectivity index (χ4v) is 2.66. The van der Waals surface area contributed by atoms with Gasteiger partial charge in [-0.2, -0.15) is 0 Å². The second kappa shape index (κ2) is 7.71. The number of nitrogens with one attached hydrogen (secondary N) is 1. The highest BCUT2D eigenvalue weighted by Crippen LogP contribution is 2.11. The largest absolute Gasteiger partial charge is 0.340 e. The molecule has 0 unspecified atom stereocenters. The summed E-state index contributed by atoms with van der Waals surface area (Å²) in [6.45, 7) is 5.58. The molecule has 102 valence electrons. The molecule has 1 aliphatic heterocycles. The summed E-state index contributed by atoms with van der Waals surface area (Å²) in [6, 6.07) is 0. The van der Waals surface area contributed by atoms with E-state index in [0.717, 1.165) is 49.7 Å². The van der Waals surface area contributed by atoms with Crippen molar-refractivity contribution in [3.63, 3.8) is 0 Å². The standard InChI is InChI=1S/C12H19N3OS.ClH/c1-10-14-11(9-17-10)3-2-4-12(16)15-7-5-13-6-8-15;/h9,13H,2-8H2,1H3;1H. The van der Waals surface area contributed by atoms with Crippen LogP contribution in [-0.2, 0) is 11.2 Å². The first-order chi connectivity index (χ1) is 8.25. The van der Waals surface area contributed by atoms with E-state index in [1.807, 2.05) is 11.8 Å². The Morgan fingerprint density at radius 3 is 2.83 bits per heavy atom. The smallest absolute Gasteiger partial charge is 0.222 e. The minimum absolute atomic E-state index is 0. The molecule has 0 saturated carbocycles. The van der Waals surface area contributed by atoms with Crippen molar-refractivity contribution in [1.82, 2.24) is 15.2 Å². The molecular formula is C12H20ClN3OS. The lowest BCUT2D eigenvalue weighted by Crippen LogP contribution is -2.46. The number of rotatable bonds is 4. The average Bonchev–Trinajstić information content (AvgIpc) is 2.76. The molecule has 4 nitrogen and oxygen atoms in total. The van der Waals surface area contributed by atoms with Gasteiger partial charge in [0.1, 0.15) is 0 Å². The van der Waals surface area contributed by atoms with Crippen LogP contribution in [0.1, 0.15) is 23.5 Å². The number of aryl methyl sites for hydroxylation is 2. The second-order valence-electron chi connectivity index (χ2n) is 4.34. The molecule has 1 N–H and O–H groups in total. The molecule has 0 aliphatic carbocycles. The van der Waals surface area contributed by atoms with Crippen LogP contribution in [0.5, 0.6) is 0 Å². The van der Waals surface area contributed by atoms with Gasteiger partial charge in [-0.3, -0.25) is 4.79 Å². The predicted octanol–water partition coefficient (Wildman–Crippen LogP) is 1.63. The van der Waals surface area contributed by atoms with Crippen LogP contribution in [0.15, 0.2) is 5.38 Å². The van der Waals surface area contributed by atoms with E-state index < -0.39 is 0 Å². The summed E-state index contributed by atoms with van der Waals surface area (Å²) in [6.07, 6.45) is 2.48. The van der Waals surface area contributed by atoms with Gasteiger partial charge in [-0.1, -0.05) is 0 Å². The van der Waals surface area contributed by atoms with Crippen molar-refractivity contribution in [2.24, 2.45) is 0 Å². The number of carbonyl (C=O) groups excluding carboxylic acids is 1. The van der Waals surface area contributed by atoms with Crippen molar-refractivity contribution < 1.29 is 4.79 Å². The molecule has 1 amide bonds. The Bertz CT molecular complexity index is 377. The first kappa shape index (κ1) is 15.4. The zero-order chi connectivity index (χ0) is 12.1. The molecule has 2 heterocycles. The normalized spacial score (nSPS) is 15.3. The predicted molar refractivity (Wildman–Crippen MR) is 76.5 cm³/mol. The maximum atomic E-state index is 11.9. The van der Waals surface area contributed by atoms with Gasteiger partial charge >= 0.3 is 0 Å². The van der Waals surface area contributed by atoms with Gasteiger partial charge in [0.2, 0.25) is 5.91 Å². The van der Waals surface area contributed by atoms with Crippen molar-refractivity contribution in [1.29, 1.82) is 0 Å². The Morgan fingerprint density at radius 2 is 2.22 bits per heavy atom. The van der Waals surface area contributed by atoms with Crippen LogP contribution in [-0.4, -0.2) is 42.0 Å². The fraction of sp³-hybridized carbons (Fsp3) is 0.667. The Labute approximate surface area is 118 Å². The quantitative estimate of drug-likeness (QED) is 0.916. The van der Waals surface area contributed by atoms with Crippen molar-refractivity contribution in [3.8, 4) is 0 Å². The average molecular weight is 290 g/mol. The maximum Gasteiger partial charge on any atom is 0.222 e. The zero-order valence-electron chi connectivity index (χ0n) is 10.6. The molecule has 1 aromatic heterocycles. The van der Waals surface area contributed by atoms with Crippen LogP contribution in [0.3, 0.4) is 0 Å². The number of piperazine rings is 1. The van der Waals surface area contributed by atoms with Gasteiger partial charge in [0.05, 0.1) is 10.7 Å². The van der Waals surface area contributed by atoms with E-state index in [2.05, 4.69) is 15.7 Å². The van der Waals surface area contributed by atoms with E-state index in [1.165, 1.54) is 0 Å². The van der Waals surface area contributed by atoms with Gasteiger partial charge < -0.3 is 10.2 Å². The molecule has 1 aliphatic rings. The SMILES string of the molecule is Cc1nc(CCCC(=O)N2CCNCC2)cs1.Cl. The number of amides is 1. The van der Waals surface area contributed by atoms with E-state index in [1.54, 1.807) is 11.3 Å². The summed E-state index contributed by atoms with van der Waals surface area (Å²) in [5.41, 5.74) is 1.13. The lowest BCUT2D eigenvalue weighted by Gasteiger charge is -2.27. The van der Waals surface area contributed by atoms with Crippen LogP contribution in [0, 0.1) is 6.92 Å². The molecule has 0 spiro atoms. The summed E-state index contributed by atoms with van der Waals surface area (Å²) in [5, 5.41) is 6.44. The minimum atomic E-state index is 0. The molecule has 1 fully saturated rings.